The molecule has 0 fully saturated rings. The van der Waals surface area contributed by atoms with Crippen LogP contribution < -0.4 is 4.74 Å². The van der Waals surface area contributed by atoms with Crippen molar-refractivity contribution < 1.29 is 9.53 Å². The first-order valence-electron chi connectivity index (χ1n) is 6.71. The molecule has 0 atom stereocenters. The summed E-state index contributed by atoms with van der Waals surface area (Å²) in [5.74, 6) is 0.410. The number of rotatable bonds is 4. The fourth-order valence-corrected chi connectivity index (χ4v) is 1.54. The molecule has 4 nitrogen and oxygen atoms in total. The van der Waals surface area contributed by atoms with E-state index in [-0.39, 0.29) is 22.2 Å². The van der Waals surface area contributed by atoms with Crippen molar-refractivity contribution in [3.63, 3.8) is 0 Å². The van der Waals surface area contributed by atoms with Gasteiger partial charge in [-0.05, 0) is 11.8 Å². The molecule has 5 heteroatoms. The number of hydrogen-bond acceptors (Lipinski definition) is 4. The molecule has 0 N–H and O–H groups in total. The molecule has 0 aliphatic rings. The third-order valence-corrected chi connectivity index (χ3v) is 2.98. The maximum Gasteiger partial charge on any atom is 0.205 e. The average Bonchev–Trinajstić information content (AvgIpc) is 2.27. The Morgan fingerprint density at radius 1 is 1.25 bits per heavy atom. The molecule has 0 radical (unpaired) electrons. The second-order valence-electron chi connectivity index (χ2n) is 7.09. The molecule has 0 aromatic carbocycles. The van der Waals surface area contributed by atoms with Gasteiger partial charge in [-0.25, -0.2) is 9.97 Å². The van der Waals surface area contributed by atoms with E-state index in [1.165, 1.54) is 6.20 Å². The highest BCUT2D eigenvalue weighted by Crippen LogP contribution is 2.25. The molecule has 0 spiro atoms. The van der Waals surface area contributed by atoms with Crippen LogP contribution in [0.4, 0.5) is 0 Å². The van der Waals surface area contributed by atoms with E-state index < -0.39 is 5.41 Å². The summed E-state index contributed by atoms with van der Waals surface area (Å²) in [5, 5.41) is 0.182. The number of nitrogens with zero attached hydrogens (tertiary/aromatic N) is 2. The molecule has 0 bridgehead atoms. The van der Waals surface area contributed by atoms with Crippen molar-refractivity contribution in [1.29, 1.82) is 0 Å². The van der Waals surface area contributed by atoms with Crippen LogP contribution in [0.3, 0.4) is 0 Å². The zero-order chi connectivity index (χ0) is 15.6. The lowest BCUT2D eigenvalue weighted by atomic mass is 9.90. The SMILES string of the molecule is CC(C)(C)CCOc1cnc(C(=O)C(C)(C)C)nc1Cl. The van der Waals surface area contributed by atoms with E-state index in [1.807, 2.05) is 20.8 Å². The first kappa shape index (κ1) is 16.9. The minimum atomic E-state index is -0.530. The van der Waals surface area contributed by atoms with Crippen LogP contribution >= 0.6 is 11.6 Å². The number of Topliss-reactive ketones (excluding diaryl/α,β-unsaturated/α-hetero) is 1. The van der Waals surface area contributed by atoms with Crippen molar-refractivity contribution in [3.8, 4) is 5.75 Å². The highest BCUT2D eigenvalue weighted by molar-refractivity contribution is 6.30. The van der Waals surface area contributed by atoms with Gasteiger partial charge in [0.15, 0.2) is 16.7 Å². The van der Waals surface area contributed by atoms with Crippen molar-refractivity contribution in [2.75, 3.05) is 6.61 Å². The Balaban J connectivity index is 2.77. The van der Waals surface area contributed by atoms with Crippen LogP contribution in [0.15, 0.2) is 6.20 Å². The quantitative estimate of drug-likeness (QED) is 0.618. The molecule has 0 unspecified atom stereocenters. The Kier molecular flexibility index (Phi) is 5.14. The second kappa shape index (κ2) is 6.08. The Morgan fingerprint density at radius 3 is 2.30 bits per heavy atom. The van der Waals surface area contributed by atoms with Gasteiger partial charge in [-0.15, -0.1) is 0 Å². The van der Waals surface area contributed by atoms with Gasteiger partial charge in [-0.3, -0.25) is 4.79 Å². The fraction of sp³-hybridized carbons (Fsp3) is 0.667. The molecular weight excluding hydrogens is 276 g/mol. The maximum absolute atomic E-state index is 12.1. The smallest absolute Gasteiger partial charge is 0.205 e. The first-order chi connectivity index (χ1) is 9.00. The summed E-state index contributed by atoms with van der Waals surface area (Å²) >= 11 is 6.05. The molecule has 0 aliphatic heterocycles. The number of carbonyl (C=O) groups is 1. The zero-order valence-electron chi connectivity index (χ0n) is 13.1. The van der Waals surface area contributed by atoms with E-state index >= 15 is 0 Å². The highest BCUT2D eigenvalue weighted by atomic mass is 35.5. The minimum Gasteiger partial charge on any atom is -0.489 e. The van der Waals surface area contributed by atoms with Crippen molar-refractivity contribution >= 4 is 17.4 Å². The van der Waals surface area contributed by atoms with Gasteiger partial charge in [-0.2, -0.15) is 0 Å². The molecule has 0 saturated carbocycles. The molecule has 1 rings (SSSR count). The number of hydrogen-bond donors (Lipinski definition) is 0. The molecule has 1 aromatic heterocycles. The summed E-state index contributed by atoms with van der Waals surface area (Å²) in [6.45, 7) is 12.4. The topological polar surface area (TPSA) is 52.1 Å². The second-order valence-corrected chi connectivity index (χ2v) is 7.44. The van der Waals surface area contributed by atoms with Crippen molar-refractivity contribution in [2.45, 2.75) is 48.0 Å². The first-order valence-corrected chi connectivity index (χ1v) is 7.09. The predicted molar refractivity (Wildman–Crippen MR) is 80.4 cm³/mol. The Hall–Kier alpha value is -1.16. The Bertz CT molecular complexity index is 488. The number of carbonyl (C=O) groups excluding carboxylic acids is 1. The van der Waals surface area contributed by atoms with Gasteiger partial charge in [0.05, 0.1) is 12.8 Å². The molecule has 0 saturated heterocycles. The van der Waals surface area contributed by atoms with Gasteiger partial charge in [-0.1, -0.05) is 53.1 Å². The number of aromatic nitrogens is 2. The number of ether oxygens (including phenoxy) is 1. The predicted octanol–water partition coefficient (Wildman–Crippen LogP) is 4.17. The summed E-state index contributed by atoms with van der Waals surface area (Å²) in [5.41, 5.74) is -0.340. The van der Waals surface area contributed by atoms with Gasteiger partial charge in [0.2, 0.25) is 5.78 Å². The number of halogens is 1. The highest BCUT2D eigenvalue weighted by Gasteiger charge is 2.26. The summed E-state index contributed by atoms with van der Waals surface area (Å²) < 4.78 is 5.56. The lowest BCUT2D eigenvalue weighted by Gasteiger charge is -2.18. The normalized spacial score (nSPS) is 12.3. The van der Waals surface area contributed by atoms with Crippen LogP contribution in [0.25, 0.3) is 0 Å². The summed E-state index contributed by atoms with van der Waals surface area (Å²) in [7, 11) is 0. The molecule has 0 aliphatic carbocycles. The van der Waals surface area contributed by atoms with E-state index in [2.05, 4.69) is 30.7 Å². The van der Waals surface area contributed by atoms with Crippen molar-refractivity contribution in [2.24, 2.45) is 10.8 Å². The van der Waals surface area contributed by atoms with E-state index in [1.54, 1.807) is 0 Å². The third-order valence-electron chi connectivity index (χ3n) is 2.71. The summed E-state index contributed by atoms with van der Waals surface area (Å²) in [6.07, 6.45) is 2.36. The fourth-order valence-electron chi connectivity index (χ4n) is 1.36. The lowest BCUT2D eigenvalue weighted by Crippen LogP contribution is -2.22. The van der Waals surface area contributed by atoms with Crippen molar-refractivity contribution in [1.82, 2.24) is 9.97 Å². The summed E-state index contributed by atoms with van der Waals surface area (Å²) in [6, 6.07) is 0. The standard InChI is InChI=1S/C15H23ClN2O2/c1-14(2,3)7-8-20-10-9-17-13(18-12(10)16)11(19)15(4,5)6/h9H,7-8H2,1-6H3. The third kappa shape index (κ3) is 5.08. The van der Waals surface area contributed by atoms with E-state index in [0.29, 0.717) is 12.4 Å². The van der Waals surface area contributed by atoms with E-state index in [4.69, 9.17) is 16.3 Å². The van der Waals surface area contributed by atoms with Crippen LogP contribution in [-0.2, 0) is 0 Å². The van der Waals surface area contributed by atoms with Gasteiger partial charge in [0.25, 0.3) is 0 Å². The van der Waals surface area contributed by atoms with Crippen LogP contribution in [0.2, 0.25) is 5.15 Å². The molecule has 112 valence electrons. The number of ketones is 1. The molecular formula is C15H23ClN2O2. The molecule has 1 heterocycles. The lowest BCUT2D eigenvalue weighted by molar-refractivity contribution is 0.0846. The van der Waals surface area contributed by atoms with Gasteiger partial charge in [0, 0.05) is 5.41 Å². The zero-order valence-corrected chi connectivity index (χ0v) is 13.8. The van der Waals surface area contributed by atoms with Crippen LogP contribution in [-0.4, -0.2) is 22.4 Å². The Labute approximate surface area is 125 Å². The van der Waals surface area contributed by atoms with E-state index in [9.17, 15) is 4.79 Å². The van der Waals surface area contributed by atoms with Gasteiger partial charge in [0.1, 0.15) is 0 Å². The van der Waals surface area contributed by atoms with Crippen molar-refractivity contribution in [3.05, 3.63) is 17.2 Å². The van der Waals surface area contributed by atoms with Gasteiger partial charge >= 0.3 is 0 Å². The Morgan fingerprint density at radius 2 is 1.85 bits per heavy atom. The van der Waals surface area contributed by atoms with E-state index in [0.717, 1.165) is 6.42 Å². The molecule has 1 aromatic rings. The minimum absolute atomic E-state index is 0.130. The van der Waals surface area contributed by atoms with Gasteiger partial charge < -0.3 is 4.74 Å². The monoisotopic (exact) mass is 298 g/mol. The maximum atomic E-state index is 12.1. The van der Waals surface area contributed by atoms with Crippen LogP contribution in [0.1, 0.15) is 58.6 Å². The summed E-state index contributed by atoms with van der Waals surface area (Å²) in [4.78, 5) is 20.1. The molecule has 20 heavy (non-hydrogen) atoms. The largest absolute Gasteiger partial charge is 0.489 e. The van der Waals surface area contributed by atoms with Crippen LogP contribution in [0.5, 0.6) is 5.75 Å². The average molecular weight is 299 g/mol. The molecule has 0 amide bonds. The van der Waals surface area contributed by atoms with Crippen LogP contribution in [0, 0.1) is 10.8 Å².